The summed E-state index contributed by atoms with van der Waals surface area (Å²) in [5.74, 6) is -7.76. The van der Waals surface area contributed by atoms with Gasteiger partial charge in [0.1, 0.15) is 11.3 Å². The van der Waals surface area contributed by atoms with Crippen molar-refractivity contribution in [3.63, 3.8) is 0 Å². The average Bonchev–Trinajstić information content (AvgIpc) is 3.15. The van der Waals surface area contributed by atoms with Crippen molar-refractivity contribution >= 4 is 33.5 Å². The van der Waals surface area contributed by atoms with Crippen LogP contribution in [0.25, 0.3) is 11.0 Å². The third kappa shape index (κ3) is 3.89. The van der Waals surface area contributed by atoms with E-state index in [1.165, 1.54) is 11.3 Å². The number of ether oxygens (including phenoxy) is 1. The van der Waals surface area contributed by atoms with Gasteiger partial charge in [-0.15, -0.1) is 11.3 Å². The average molecular weight is 447 g/mol. The van der Waals surface area contributed by atoms with Gasteiger partial charge < -0.3 is 9.29 Å². The summed E-state index contributed by atoms with van der Waals surface area (Å²) in [5, 5.41) is 3.49. The number of aromatic nitrogens is 3. The van der Waals surface area contributed by atoms with Gasteiger partial charge in [-0.25, -0.2) is 0 Å². The highest BCUT2D eigenvalue weighted by Gasteiger charge is 2.75. The molecule has 0 amide bonds. The summed E-state index contributed by atoms with van der Waals surface area (Å²) in [6.07, 6.45) is -11.5. The Hall–Kier alpha value is -2.06. The highest BCUT2D eigenvalue weighted by molar-refractivity contribution is 7.90. The van der Waals surface area contributed by atoms with E-state index < -0.39 is 35.1 Å². The molecule has 3 rings (SSSR count). The lowest BCUT2D eigenvalue weighted by Gasteiger charge is -2.27. The van der Waals surface area contributed by atoms with E-state index in [4.69, 9.17) is 0 Å². The predicted molar refractivity (Wildman–Crippen MR) is 84.9 cm³/mol. The van der Waals surface area contributed by atoms with Gasteiger partial charge in [0.25, 0.3) is 0 Å². The van der Waals surface area contributed by atoms with Crippen molar-refractivity contribution in [2.75, 3.05) is 0 Å². The number of H-pyrrole nitrogens is 1. The number of nitrogens with zero attached hydrogens (tertiary/aromatic N) is 2. The van der Waals surface area contributed by atoms with Gasteiger partial charge in [0, 0.05) is 34.2 Å². The summed E-state index contributed by atoms with van der Waals surface area (Å²) in [5.41, 5.74) is 1.06. The zero-order valence-corrected chi connectivity index (χ0v) is 14.9. The fourth-order valence-corrected chi connectivity index (χ4v) is 3.69. The second-order valence-electron chi connectivity index (χ2n) is 5.38. The first-order chi connectivity index (χ1) is 12.9. The lowest BCUT2D eigenvalue weighted by atomic mass is 10.3. The van der Waals surface area contributed by atoms with E-state index in [2.05, 4.69) is 19.7 Å². The number of alkyl halides is 7. The molecule has 3 heterocycles. The molecule has 1 unspecified atom stereocenters. The number of pyridine rings is 1. The van der Waals surface area contributed by atoms with Crippen LogP contribution < -0.4 is 4.74 Å². The normalized spacial score (nSPS) is 14.4. The largest absolute Gasteiger partial charge is 0.609 e. The first-order valence-electron chi connectivity index (χ1n) is 7.17. The molecule has 1 N–H and O–H groups in total. The molecule has 5 nitrogen and oxygen atoms in total. The number of aromatic amines is 1. The molecule has 1 atom stereocenters. The van der Waals surface area contributed by atoms with Crippen LogP contribution in [0, 0.1) is 0 Å². The van der Waals surface area contributed by atoms with E-state index in [1.807, 2.05) is 0 Å². The SMILES string of the molecule is [O-][S+](Cc1cc(OC(F)(F)C(F)(F)C(F)(F)F)ccn1)c1nc2cscc2[nH]1. The summed E-state index contributed by atoms with van der Waals surface area (Å²) in [6, 6.07) is 1.37. The molecule has 0 bridgehead atoms. The van der Waals surface area contributed by atoms with Crippen molar-refractivity contribution in [2.24, 2.45) is 0 Å². The number of halogens is 7. The Morgan fingerprint density at radius 2 is 1.86 bits per heavy atom. The quantitative estimate of drug-likeness (QED) is 0.446. The first kappa shape index (κ1) is 20.7. The lowest BCUT2D eigenvalue weighted by molar-refractivity contribution is -0.402. The number of nitrogens with one attached hydrogen (secondary N) is 1. The number of hydrogen-bond acceptors (Lipinski definition) is 5. The molecule has 152 valence electrons. The van der Waals surface area contributed by atoms with Gasteiger partial charge in [-0.1, -0.05) is 0 Å². The van der Waals surface area contributed by atoms with Gasteiger partial charge in [-0.3, -0.25) is 9.97 Å². The third-order valence-corrected chi connectivity index (χ3v) is 5.27. The van der Waals surface area contributed by atoms with Crippen LogP contribution in [0.2, 0.25) is 0 Å². The van der Waals surface area contributed by atoms with E-state index in [0.717, 1.165) is 6.20 Å². The Bertz CT molecular complexity index is 945. The van der Waals surface area contributed by atoms with Crippen LogP contribution in [0.5, 0.6) is 5.75 Å². The van der Waals surface area contributed by atoms with Crippen molar-refractivity contribution in [1.29, 1.82) is 0 Å². The van der Waals surface area contributed by atoms with Crippen LogP contribution in [0.15, 0.2) is 34.2 Å². The molecule has 3 aromatic rings. The molecular weight excluding hydrogens is 439 g/mol. The Morgan fingerprint density at radius 3 is 2.50 bits per heavy atom. The molecule has 28 heavy (non-hydrogen) atoms. The summed E-state index contributed by atoms with van der Waals surface area (Å²) in [7, 11) is 0. The fraction of sp³-hybridized carbons (Fsp3) is 0.286. The zero-order valence-electron chi connectivity index (χ0n) is 13.3. The highest BCUT2D eigenvalue weighted by Crippen LogP contribution is 2.47. The number of thiophene rings is 1. The maximum absolute atomic E-state index is 13.3. The molecule has 0 saturated heterocycles. The molecule has 0 aromatic carbocycles. The van der Waals surface area contributed by atoms with Gasteiger partial charge in [-0.2, -0.15) is 35.7 Å². The standard InChI is InChI=1S/C14H8F7N3O2S2/c15-12(16,13(17,18)19)14(20,21)26-8-1-2-22-7(3-8)6-28(25)11-23-9-4-27-5-10(9)24-11/h1-5H,6H2,(H,23,24). The molecular formula is C14H8F7N3O2S2. The fourth-order valence-electron chi connectivity index (χ4n) is 2.01. The van der Waals surface area contributed by atoms with E-state index in [0.29, 0.717) is 23.2 Å². The van der Waals surface area contributed by atoms with Crippen LogP contribution in [0.3, 0.4) is 0 Å². The topological polar surface area (TPSA) is 73.9 Å². The van der Waals surface area contributed by atoms with Gasteiger partial charge in [0.2, 0.25) is 0 Å². The van der Waals surface area contributed by atoms with Crippen LogP contribution in [-0.4, -0.2) is 37.7 Å². The summed E-state index contributed by atoms with van der Waals surface area (Å²) in [6.45, 7) is 0. The van der Waals surface area contributed by atoms with Crippen LogP contribution in [0.1, 0.15) is 5.69 Å². The molecule has 0 aliphatic heterocycles. The van der Waals surface area contributed by atoms with E-state index in [-0.39, 0.29) is 16.6 Å². The van der Waals surface area contributed by atoms with E-state index >= 15 is 0 Å². The molecule has 0 fully saturated rings. The Labute approximate surface area is 158 Å². The van der Waals surface area contributed by atoms with Gasteiger partial charge in [-0.05, 0) is 6.07 Å². The summed E-state index contributed by atoms with van der Waals surface area (Å²) in [4.78, 5) is 10.6. The molecule has 0 aliphatic carbocycles. The third-order valence-electron chi connectivity index (χ3n) is 3.36. The number of imidazole rings is 1. The smallest absolute Gasteiger partial charge is 0.474 e. The minimum atomic E-state index is -6.51. The second-order valence-corrected chi connectivity index (χ2v) is 7.49. The highest BCUT2D eigenvalue weighted by atomic mass is 32.2. The Kier molecular flexibility index (Phi) is 5.22. The molecule has 14 heteroatoms. The molecule has 3 aromatic heterocycles. The Balaban J connectivity index is 1.75. The van der Waals surface area contributed by atoms with Crippen LogP contribution in [-0.2, 0) is 16.9 Å². The van der Waals surface area contributed by atoms with Crippen LogP contribution in [0.4, 0.5) is 30.7 Å². The van der Waals surface area contributed by atoms with Gasteiger partial charge >= 0.3 is 23.4 Å². The molecule has 0 radical (unpaired) electrons. The van der Waals surface area contributed by atoms with Crippen molar-refractivity contribution < 1.29 is 40.0 Å². The van der Waals surface area contributed by atoms with Crippen molar-refractivity contribution in [2.45, 2.75) is 29.1 Å². The zero-order chi connectivity index (χ0) is 20.7. The maximum atomic E-state index is 13.3. The number of hydrogen-bond donors (Lipinski definition) is 1. The van der Waals surface area contributed by atoms with Gasteiger partial charge in [0.05, 0.1) is 11.2 Å². The van der Waals surface area contributed by atoms with E-state index in [9.17, 15) is 35.3 Å². The molecule has 0 spiro atoms. The van der Waals surface area contributed by atoms with Gasteiger partial charge in [0.15, 0.2) is 5.75 Å². The monoisotopic (exact) mass is 447 g/mol. The minimum absolute atomic E-state index is 0.0693. The van der Waals surface area contributed by atoms with Crippen molar-refractivity contribution in [3.8, 4) is 5.75 Å². The number of rotatable bonds is 6. The molecule has 0 aliphatic rings. The number of fused-ring (bicyclic) bond motifs is 1. The molecule has 0 saturated carbocycles. The maximum Gasteiger partial charge on any atom is 0.474 e. The predicted octanol–water partition coefficient (Wildman–Crippen LogP) is 4.50. The second kappa shape index (κ2) is 7.08. The van der Waals surface area contributed by atoms with Crippen molar-refractivity contribution in [1.82, 2.24) is 15.0 Å². The van der Waals surface area contributed by atoms with E-state index in [1.54, 1.807) is 10.8 Å². The first-order valence-corrected chi connectivity index (χ1v) is 9.43. The summed E-state index contributed by atoms with van der Waals surface area (Å²) >= 11 is -0.443. The van der Waals surface area contributed by atoms with Crippen LogP contribution >= 0.6 is 11.3 Å². The minimum Gasteiger partial charge on any atom is -0.609 e. The Morgan fingerprint density at radius 1 is 1.14 bits per heavy atom. The van der Waals surface area contributed by atoms with Crippen molar-refractivity contribution in [3.05, 3.63) is 34.8 Å². The summed E-state index contributed by atoms with van der Waals surface area (Å²) < 4.78 is 105. The lowest BCUT2D eigenvalue weighted by Crippen LogP contribution is -2.55.